The summed E-state index contributed by atoms with van der Waals surface area (Å²) in [6.45, 7) is 19.9. The van der Waals surface area contributed by atoms with Crippen molar-refractivity contribution in [2.24, 2.45) is 4.99 Å². The Morgan fingerprint density at radius 2 is 1.83 bits per heavy atom. The van der Waals surface area contributed by atoms with Crippen LogP contribution in [0.1, 0.15) is 39.7 Å². The molecule has 1 unspecified atom stereocenters. The lowest BCUT2D eigenvalue weighted by Gasteiger charge is -2.22. The van der Waals surface area contributed by atoms with Crippen molar-refractivity contribution in [2.75, 3.05) is 0 Å². The molecule has 0 aromatic heterocycles. The Morgan fingerprint density at radius 3 is 2.34 bits per heavy atom. The van der Waals surface area contributed by atoms with Crippen molar-refractivity contribution < 1.29 is 0 Å². The molecule has 0 aliphatic heterocycles. The normalized spacial score (nSPS) is 14.0. The molecule has 0 aliphatic rings. The van der Waals surface area contributed by atoms with Crippen LogP contribution < -0.4 is 0 Å². The first-order valence-corrected chi connectivity index (χ1v) is 9.89. The standard InChI is InChI=1S/C28H33N/c1-8-11-19-28(10-3,29-22-24(6)7)21-27(26(9-2)20-23(4)5)18-17-25-15-13-12-14-16-25/h8-9,11-19,21-22H,1-2,6,10H2,3-5,7H3/b18-17-,19-11+,27-21+,29-22?. The summed E-state index contributed by atoms with van der Waals surface area (Å²) in [5.74, 6) is 0. The van der Waals surface area contributed by atoms with E-state index in [9.17, 15) is 0 Å². The van der Waals surface area contributed by atoms with Gasteiger partial charge in [-0.25, -0.2) is 0 Å². The molecule has 1 nitrogen and oxygen atoms in total. The van der Waals surface area contributed by atoms with Crippen LogP contribution in [0, 0.1) is 0 Å². The zero-order valence-corrected chi connectivity index (χ0v) is 18.3. The minimum atomic E-state index is -0.513. The molecule has 0 fully saturated rings. The van der Waals surface area contributed by atoms with E-state index in [-0.39, 0.29) is 0 Å². The van der Waals surface area contributed by atoms with E-state index < -0.39 is 5.54 Å². The number of hydrogen-bond acceptors (Lipinski definition) is 1. The SMILES string of the molecule is C=C/C=C/C(/C=C(\C=C/c1ccccc1)C(=C=C(C)C)C=C)(CC)N=CC(=C)C. The molecule has 0 radical (unpaired) electrons. The smallest absolute Gasteiger partial charge is 0.0977 e. The second-order valence-corrected chi connectivity index (χ2v) is 7.13. The molecule has 0 heterocycles. The van der Waals surface area contributed by atoms with Crippen LogP contribution in [0.5, 0.6) is 0 Å². The van der Waals surface area contributed by atoms with Gasteiger partial charge >= 0.3 is 0 Å². The van der Waals surface area contributed by atoms with E-state index in [1.54, 1.807) is 6.08 Å². The van der Waals surface area contributed by atoms with Crippen LogP contribution in [0.25, 0.3) is 6.08 Å². The van der Waals surface area contributed by atoms with Crippen molar-refractivity contribution in [1.82, 2.24) is 0 Å². The molecule has 1 atom stereocenters. The largest absolute Gasteiger partial charge is 0.278 e. The molecule has 1 heteroatoms. The summed E-state index contributed by atoms with van der Waals surface area (Å²) >= 11 is 0. The Bertz CT molecular complexity index is 893. The first-order chi connectivity index (χ1) is 13.9. The van der Waals surface area contributed by atoms with Crippen molar-refractivity contribution in [3.63, 3.8) is 0 Å². The molecule has 0 N–H and O–H groups in total. The Balaban J connectivity index is 3.70. The molecule has 1 aromatic carbocycles. The average Bonchev–Trinajstić information content (AvgIpc) is 2.71. The second kappa shape index (κ2) is 12.3. The molecular formula is C28H33N. The van der Waals surface area contributed by atoms with Gasteiger partial charge < -0.3 is 0 Å². The molecule has 0 saturated heterocycles. The van der Waals surface area contributed by atoms with Gasteiger partial charge in [-0.05, 0) is 55.6 Å². The fraction of sp³-hybridized carbons (Fsp3) is 0.214. The maximum atomic E-state index is 4.85. The Hall–Kier alpha value is -3.15. The lowest BCUT2D eigenvalue weighted by Crippen LogP contribution is -2.20. The number of hydrogen-bond donors (Lipinski definition) is 0. The van der Waals surface area contributed by atoms with Gasteiger partial charge in [-0.3, -0.25) is 4.99 Å². The van der Waals surface area contributed by atoms with Crippen LogP contribution in [-0.4, -0.2) is 11.8 Å². The summed E-state index contributed by atoms with van der Waals surface area (Å²) in [4.78, 5) is 4.85. The minimum absolute atomic E-state index is 0.513. The van der Waals surface area contributed by atoms with Crippen molar-refractivity contribution in [3.05, 3.63) is 120 Å². The molecule has 0 spiro atoms. The van der Waals surface area contributed by atoms with Gasteiger partial charge in [0.1, 0.15) is 0 Å². The van der Waals surface area contributed by atoms with Crippen LogP contribution >= 0.6 is 0 Å². The number of rotatable bonds is 10. The summed E-state index contributed by atoms with van der Waals surface area (Å²) in [6.07, 6.45) is 16.6. The van der Waals surface area contributed by atoms with Gasteiger partial charge in [-0.15, -0.1) is 5.73 Å². The Morgan fingerprint density at radius 1 is 1.14 bits per heavy atom. The first kappa shape index (κ1) is 23.9. The number of nitrogens with zero attached hydrogens (tertiary/aromatic N) is 1. The highest BCUT2D eigenvalue weighted by molar-refractivity contribution is 5.77. The lowest BCUT2D eigenvalue weighted by molar-refractivity contribution is 0.633. The molecule has 1 rings (SSSR count). The molecule has 0 aliphatic carbocycles. The third-order valence-corrected chi connectivity index (χ3v) is 4.17. The van der Waals surface area contributed by atoms with E-state index in [2.05, 4.69) is 68.8 Å². The van der Waals surface area contributed by atoms with E-state index in [4.69, 9.17) is 4.99 Å². The van der Waals surface area contributed by atoms with Gasteiger partial charge in [0.2, 0.25) is 0 Å². The molecule has 0 amide bonds. The second-order valence-electron chi connectivity index (χ2n) is 7.13. The van der Waals surface area contributed by atoms with Crippen LogP contribution in [0.15, 0.2) is 120 Å². The number of aliphatic imine (C=N–C) groups is 1. The summed E-state index contributed by atoms with van der Waals surface area (Å²) in [5, 5.41) is 0. The summed E-state index contributed by atoms with van der Waals surface area (Å²) in [6, 6.07) is 10.2. The van der Waals surface area contributed by atoms with Gasteiger partial charge in [-0.2, -0.15) is 0 Å². The average molecular weight is 384 g/mol. The third-order valence-electron chi connectivity index (χ3n) is 4.17. The maximum Gasteiger partial charge on any atom is 0.0977 e. The quantitative estimate of drug-likeness (QED) is 0.222. The van der Waals surface area contributed by atoms with Crippen LogP contribution in [0.2, 0.25) is 0 Å². The monoisotopic (exact) mass is 383 g/mol. The lowest BCUT2D eigenvalue weighted by atomic mass is 9.90. The highest BCUT2D eigenvalue weighted by Crippen LogP contribution is 2.26. The zero-order valence-electron chi connectivity index (χ0n) is 18.3. The van der Waals surface area contributed by atoms with Crippen LogP contribution in [0.4, 0.5) is 0 Å². The molecule has 0 saturated carbocycles. The first-order valence-electron chi connectivity index (χ1n) is 9.89. The van der Waals surface area contributed by atoms with Gasteiger partial charge in [0.15, 0.2) is 0 Å². The summed E-state index contributed by atoms with van der Waals surface area (Å²) in [5.41, 5.74) is 7.99. The predicted octanol–water partition coefficient (Wildman–Crippen LogP) is 7.84. The van der Waals surface area contributed by atoms with E-state index in [0.717, 1.165) is 34.3 Å². The minimum Gasteiger partial charge on any atom is -0.278 e. The fourth-order valence-corrected chi connectivity index (χ4v) is 2.65. The molecule has 29 heavy (non-hydrogen) atoms. The van der Waals surface area contributed by atoms with Crippen molar-refractivity contribution in [1.29, 1.82) is 0 Å². The van der Waals surface area contributed by atoms with Crippen LogP contribution in [-0.2, 0) is 0 Å². The number of allylic oxidation sites excluding steroid dienone is 7. The zero-order chi connectivity index (χ0) is 21.7. The molecule has 150 valence electrons. The van der Waals surface area contributed by atoms with Gasteiger partial charge in [0, 0.05) is 11.8 Å². The van der Waals surface area contributed by atoms with E-state index in [0.29, 0.717) is 0 Å². The van der Waals surface area contributed by atoms with Gasteiger partial charge in [0.25, 0.3) is 0 Å². The Kier molecular flexibility index (Phi) is 10.2. The third kappa shape index (κ3) is 8.60. The number of benzene rings is 1. The molecule has 1 aromatic rings. The molecule has 0 bridgehead atoms. The van der Waals surface area contributed by atoms with E-state index >= 15 is 0 Å². The van der Waals surface area contributed by atoms with E-state index in [1.165, 1.54) is 0 Å². The fourth-order valence-electron chi connectivity index (χ4n) is 2.65. The van der Waals surface area contributed by atoms with E-state index in [1.807, 2.05) is 57.3 Å². The maximum absolute atomic E-state index is 4.85. The van der Waals surface area contributed by atoms with Crippen molar-refractivity contribution >= 4 is 12.3 Å². The van der Waals surface area contributed by atoms with Crippen molar-refractivity contribution in [3.8, 4) is 0 Å². The summed E-state index contributed by atoms with van der Waals surface area (Å²) < 4.78 is 0. The molecular weight excluding hydrogens is 350 g/mol. The highest BCUT2D eigenvalue weighted by atomic mass is 14.8. The summed E-state index contributed by atoms with van der Waals surface area (Å²) in [7, 11) is 0. The van der Waals surface area contributed by atoms with Crippen LogP contribution in [0.3, 0.4) is 0 Å². The van der Waals surface area contributed by atoms with Gasteiger partial charge in [0.05, 0.1) is 5.54 Å². The predicted molar refractivity (Wildman–Crippen MR) is 131 cm³/mol. The highest BCUT2D eigenvalue weighted by Gasteiger charge is 2.21. The topological polar surface area (TPSA) is 12.4 Å². The Labute approximate surface area is 177 Å². The van der Waals surface area contributed by atoms with Gasteiger partial charge in [-0.1, -0.05) is 93.4 Å². The van der Waals surface area contributed by atoms with Crippen molar-refractivity contribution in [2.45, 2.75) is 39.7 Å².